The van der Waals surface area contributed by atoms with Crippen LogP contribution in [0.4, 0.5) is 0 Å². The van der Waals surface area contributed by atoms with E-state index in [9.17, 15) is 14.7 Å². The average Bonchev–Trinajstić information content (AvgIpc) is 3.19. The van der Waals surface area contributed by atoms with Crippen molar-refractivity contribution >= 4 is 11.8 Å². The number of Topliss-reactive ketones (excluding diaryl/α,β-unsaturated/α-hetero) is 1. The summed E-state index contributed by atoms with van der Waals surface area (Å²) in [6, 6.07) is 13.6. The van der Waals surface area contributed by atoms with Crippen LogP contribution in [-0.4, -0.2) is 16.9 Å². The Morgan fingerprint density at radius 3 is 2.65 bits per heavy atom. The molecule has 0 aliphatic heterocycles. The smallest absolute Gasteiger partial charge is 0.335 e. The van der Waals surface area contributed by atoms with Gasteiger partial charge in [-0.05, 0) is 96.9 Å². The van der Waals surface area contributed by atoms with Crippen LogP contribution in [0.3, 0.4) is 0 Å². The van der Waals surface area contributed by atoms with Crippen molar-refractivity contribution in [1.82, 2.24) is 0 Å². The Bertz CT molecular complexity index is 1010. The standard InChI is InChI=1S/C28H32O3/c1-28-14-5-8-24(28)21-11-10-19-16-20(27(30)31)17-23(26(19)22(21)13-15-28)25(29)12-9-18-6-3-2-4-7-18/h2-4,6-7,16-17,21-22,24H,5,8-15H2,1H3,(H,30,31)/t21-,22+,24+,28+/m1/s1. The molecule has 2 saturated carbocycles. The molecule has 0 unspecified atom stereocenters. The fourth-order valence-electron chi connectivity index (χ4n) is 7.11. The van der Waals surface area contributed by atoms with Crippen molar-refractivity contribution in [1.29, 1.82) is 0 Å². The highest BCUT2D eigenvalue weighted by atomic mass is 16.4. The molecule has 0 saturated heterocycles. The number of hydrogen-bond acceptors (Lipinski definition) is 2. The summed E-state index contributed by atoms with van der Waals surface area (Å²) in [6.45, 7) is 2.48. The Morgan fingerprint density at radius 1 is 1.06 bits per heavy atom. The maximum atomic E-state index is 13.4. The van der Waals surface area contributed by atoms with Gasteiger partial charge >= 0.3 is 5.97 Å². The van der Waals surface area contributed by atoms with Gasteiger partial charge in [0.1, 0.15) is 0 Å². The zero-order valence-corrected chi connectivity index (χ0v) is 18.4. The molecule has 2 aromatic carbocycles. The van der Waals surface area contributed by atoms with E-state index in [0.29, 0.717) is 35.7 Å². The van der Waals surface area contributed by atoms with Gasteiger partial charge in [-0.25, -0.2) is 4.79 Å². The molecule has 162 valence electrons. The Morgan fingerprint density at radius 2 is 1.87 bits per heavy atom. The van der Waals surface area contributed by atoms with Crippen molar-refractivity contribution in [3.05, 3.63) is 70.3 Å². The normalized spacial score (nSPS) is 29.0. The lowest BCUT2D eigenvalue weighted by atomic mass is 9.55. The van der Waals surface area contributed by atoms with Gasteiger partial charge in [-0.1, -0.05) is 43.7 Å². The lowest BCUT2D eigenvalue weighted by Gasteiger charge is -2.49. The molecule has 2 fully saturated rings. The summed E-state index contributed by atoms with van der Waals surface area (Å²) in [5.74, 6) is 0.979. The van der Waals surface area contributed by atoms with Crippen molar-refractivity contribution in [2.45, 2.75) is 70.6 Å². The Balaban J connectivity index is 1.50. The Hall–Kier alpha value is -2.42. The molecule has 3 nitrogen and oxygen atoms in total. The van der Waals surface area contributed by atoms with Crippen LogP contribution in [0.15, 0.2) is 42.5 Å². The highest BCUT2D eigenvalue weighted by Crippen LogP contribution is 2.61. The summed E-state index contributed by atoms with van der Waals surface area (Å²) < 4.78 is 0. The van der Waals surface area contributed by atoms with Crippen LogP contribution < -0.4 is 0 Å². The molecule has 0 spiro atoms. The maximum Gasteiger partial charge on any atom is 0.335 e. The zero-order valence-electron chi connectivity index (χ0n) is 18.4. The molecule has 0 bridgehead atoms. The number of benzene rings is 2. The van der Waals surface area contributed by atoms with Gasteiger partial charge in [-0.15, -0.1) is 0 Å². The third kappa shape index (κ3) is 3.62. The van der Waals surface area contributed by atoms with Crippen LogP contribution in [0.2, 0.25) is 0 Å². The average molecular weight is 417 g/mol. The van der Waals surface area contributed by atoms with Crippen molar-refractivity contribution in [2.24, 2.45) is 17.3 Å². The van der Waals surface area contributed by atoms with E-state index >= 15 is 0 Å². The van der Waals surface area contributed by atoms with Crippen molar-refractivity contribution in [3.63, 3.8) is 0 Å². The van der Waals surface area contributed by atoms with Crippen molar-refractivity contribution in [2.75, 3.05) is 0 Å². The predicted molar refractivity (Wildman–Crippen MR) is 122 cm³/mol. The fourth-order valence-corrected chi connectivity index (χ4v) is 7.11. The molecule has 0 heterocycles. The second kappa shape index (κ2) is 7.93. The van der Waals surface area contributed by atoms with E-state index in [1.807, 2.05) is 24.3 Å². The molecular formula is C28H32O3. The van der Waals surface area contributed by atoms with Crippen molar-refractivity contribution < 1.29 is 14.7 Å². The third-order valence-corrected chi connectivity index (χ3v) is 8.63. The molecule has 0 aromatic heterocycles. The van der Waals surface area contributed by atoms with Crippen LogP contribution in [0.25, 0.3) is 0 Å². The number of rotatable bonds is 5. The molecule has 3 aliphatic carbocycles. The van der Waals surface area contributed by atoms with E-state index in [2.05, 4.69) is 19.1 Å². The Kier molecular flexibility index (Phi) is 5.24. The molecule has 5 rings (SSSR count). The molecule has 3 aliphatic rings. The summed E-state index contributed by atoms with van der Waals surface area (Å²) in [5, 5.41) is 9.68. The SMILES string of the molecule is C[C@@]12CCC[C@H]1[C@@H]1CCc3cc(C(=O)O)cc(C(=O)CCc4ccccc4)c3[C@H]1CC2. The first-order valence-electron chi connectivity index (χ1n) is 11.9. The number of carbonyl (C=O) groups excluding carboxylic acids is 1. The molecule has 1 N–H and O–H groups in total. The summed E-state index contributed by atoms with van der Waals surface area (Å²) >= 11 is 0. The maximum absolute atomic E-state index is 13.4. The van der Waals surface area contributed by atoms with Gasteiger partial charge in [-0.3, -0.25) is 4.79 Å². The van der Waals surface area contributed by atoms with E-state index < -0.39 is 5.97 Å². The topological polar surface area (TPSA) is 54.4 Å². The minimum atomic E-state index is -0.936. The predicted octanol–water partition coefficient (Wildman–Crippen LogP) is 6.45. The number of fused-ring (bicyclic) bond motifs is 5. The largest absolute Gasteiger partial charge is 0.478 e. The first kappa shape index (κ1) is 20.5. The van der Waals surface area contributed by atoms with Gasteiger partial charge in [0.05, 0.1) is 5.56 Å². The first-order chi connectivity index (χ1) is 15.0. The number of carboxylic acid groups (broad SMARTS) is 1. The minimum Gasteiger partial charge on any atom is -0.478 e. The Labute approximate surface area is 184 Å². The molecule has 4 atom stereocenters. The highest BCUT2D eigenvalue weighted by molar-refractivity contribution is 6.01. The number of ketones is 1. The third-order valence-electron chi connectivity index (χ3n) is 8.63. The van der Waals surface area contributed by atoms with Gasteiger partial charge in [0.15, 0.2) is 5.78 Å². The van der Waals surface area contributed by atoms with Gasteiger partial charge in [-0.2, -0.15) is 0 Å². The number of aromatic carboxylic acids is 1. The van der Waals surface area contributed by atoms with Crippen LogP contribution in [0.5, 0.6) is 0 Å². The lowest BCUT2D eigenvalue weighted by molar-refractivity contribution is 0.0592. The monoisotopic (exact) mass is 416 g/mol. The summed E-state index contributed by atoms with van der Waals surface area (Å²) in [4.78, 5) is 25.2. The summed E-state index contributed by atoms with van der Waals surface area (Å²) in [7, 11) is 0. The van der Waals surface area contributed by atoms with E-state index in [1.165, 1.54) is 31.2 Å². The van der Waals surface area contributed by atoms with Crippen LogP contribution >= 0.6 is 0 Å². The zero-order chi connectivity index (χ0) is 21.6. The molecule has 3 heteroatoms. The van der Waals surface area contributed by atoms with Crippen molar-refractivity contribution in [3.8, 4) is 0 Å². The molecule has 0 amide bonds. The van der Waals surface area contributed by atoms with E-state index in [1.54, 1.807) is 6.07 Å². The van der Waals surface area contributed by atoms with Crippen LogP contribution in [0.1, 0.15) is 95.2 Å². The van der Waals surface area contributed by atoms with Gasteiger partial charge in [0.2, 0.25) is 0 Å². The number of carbonyl (C=O) groups is 2. The van der Waals surface area contributed by atoms with E-state index in [4.69, 9.17) is 0 Å². The number of carboxylic acids is 1. The minimum absolute atomic E-state index is 0.101. The van der Waals surface area contributed by atoms with Crippen LogP contribution in [-0.2, 0) is 12.8 Å². The van der Waals surface area contributed by atoms with E-state index in [0.717, 1.165) is 36.3 Å². The van der Waals surface area contributed by atoms with Crippen LogP contribution in [0, 0.1) is 17.3 Å². The molecule has 0 radical (unpaired) electrons. The quantitative estimate of drug-likeness (QED) is 0.570. The second-order valence-electron chi connectivity index (χ2n) is 10.3. The molecule has 31 heavy (non-hydrogen) atoms. The lowest BCUT2D eigenvalue weighted by Crippen LogP contribution is -2.40. The highest BCUT2D eigenvalue weighted by Gasteiger charge is 2.50. The van der Waals surface area contributed by atoms with Gasteiger partial charge < -0.3 is 5.11 Å². The fraction of sp³-hybridized carbons (Fsp3) is 0.500. The molecule has 2 aromatic rings. The van der Waals surface area contributed by atoms with E-state index in [-0.39, 0.29) is 11.3 Å². The summed E-state index contributed by atoms with van der Waals surface area (Å²) in [5.41, 5.74) is 4.90. The number of aryl methyl sites for hydroxylation is 2. The molecular weight excluding hydrogens is 384 g/mol. The van der Waals surface area contributed by atoms with Gasteiger partial charge in [0, 0.05) is 12.0 Å². The van der Waals surface area contributed by atoms with Gasteiger partial charge in [0.25, 0.3) is 0 Å². The first-order valence-corrected chi connectivity index (χ1v) is 11.9. The number of hydrogen-bond donors (Lipinski definition) is 1. The summed E-state index contributed by atoms with van der Waals surface area (Å²) in [6.07, 6.45) is 9.52. The second-order valence-corrected chi connectivity index (χ2v) is 10.3.